The third-order valence-corrected chi connectivity index (χ3v) is 4.88. The average molecular weight is 453 g/mol. The van der Waals surface area contributed by atoms with Gasteiger partial charge in [0.15, 0.2) is 11.5 Å². The molecule has 0 atom stereocenters. The van der Waals surface area contributed by atoms with Crippen LogP contribution in [0.2, 0.25) is 10.0 Å². The van der Waals surface area contributed by atoms with Crippen molar-refractivity contribution >= 4 is 35.6 Å². The van der Waals surface area contributed by atoms with Crippen LogP contribution >= 0.6 is 35.6 Å². The predicted octanol–water partition coefficient (Wildman–Crippen LogP) is 6.34. The lowest BCUT2D eigenvalue weighted by molar-refractivity contribution is 0.284. The molecule has 0 aromatic heterocycles. The standard InChI is InChI=1S/C23H23Cl2NO2.ClH/c1-27-22-14-19(15-26-12-11-17-7-9-20(24)10-8-17)13-21(25)23(22)28-16-18-5-3-2-4-6-18;/h2-10,13-14,26H,11-12,15-16H2,1H3;1H. The molecule has 0 aliphatic carbocycles. The average Bonchev–Trinajstić information content (AvgIpc) is 2.72. The van der Waals surface area contributed by atoms with Gasteiger partial charge in [-0.15, -0.1) is 12.4 Å². The van der Waals surface area contributed by atoms with E-state index >= 15 is 0 Å². The van der Waals surface area contributed by atoms with Crippen LogP contribution in [0.5, 0.6) is 11.5 Å². The van der Waals surface area contributed by atoms with Crippen molar-refractivity contribution in [2.75, 3.05) is 13.7 Å². The number of nitrogens with one attached hydrogen (secondary N) is 1. The summed E-state index contributed by atoms with van der Waals surface area (Å²) in [5.74, 6) is 1.20. The fraction of sp³-hybridized carbons (Fsp3) is 0.217. The molecule has 1 N–H and O–H groups in total. The molecule has 6 heteroatoms. The quantitative estimate of drug-likeness (QED) is 0.384. The highest BCUT2D eigenvalue weighted by atomic mass is 35.5. The summed E-state index contributed by atoms with van der Waals surface area (Å²) in [5.41, 5.74) is 3.37. The minimum absolute atomic E-state index is 0. The lowest BCUT2D eigenvalue weighted by Crippen LogP contribution is -2.16. The zero-order valence-corrected chi connectivity index (χ0v) is 18.5. The Balaban J connectivity index is 0.00000300. The normalized spacial score (nSPS) is 10.3. The molecule has 0 saturated carbocycles. The van der Waals surface area contributed by atoms with Gasteiger partial charge in [-0.25, -0.2) is 0 Å². The molecule has 3 aromatic carbocycles. The fourth-order valence-corrected chi connectivity index (χ4v) is 3.28. The van der Waals surface area contributed by atoms with Gasteiger partial charge in [0, 0.05) is 11.6 Å². The molecular weight excluding hydrogens is 429 g/mol. The molecule has 0 saturated heterocycles. The second-order valence-corrected chi connectivity index (χ2v) is 7.28. The summed E-state index contributed by atoms with van der Waals surface area (Å²) in [6, 6.07) is 21.8. The predicted molar refractivity (Wildman–Crippen MR) is 123 cm³/mol. The molecule has 0 unspecified atom stereocenters. The zero-order valence-electron chi connectivity index (χ0n) is 16.2. The van der Waals surface area contributed by atoms with Gasteiger partial charge in [-0.3, -0.25) is 0 Å². The van der Waals surface area contributed by atoms with E-state index in [1.807, 2.05) is 66.7 Å². The van der Waals surface area contributed by atoms with Gasteiger partial charge in [-0.1, -0.05) is 65.7 Å². The van der Waals surface area contributed by atoms with Crippen LogP contribution in [0.4, 0.5) is 0 Å². The minimum Gasteiger partial charge on any atom is -0.493 e. The summed E-state index contributed by atoms with van der Waals surface area (Å²) < 4.78 is 11.4. The van der Waals surface area contributed by atoms with E-state index in [1.165, 1.54) is 5.56 Å². The van der Waals surface area contributed by atoms with Gasteiger partial charge in [0.25, 0.3) is 0 Å². The lowest BCUT2D eigenvalue weighted by atomic mass is 10.1. The number of hydrogen-bond acceptors (Lipinski definition) is 3. The maximum Gasteiger partial charge on any atom is 0.180 e. The molecule has 154 valence electrons. The van der Waals surface area contributed by atoms with E-state index in [0.29, 0.717) is 29.7 Å². The second kappa shape index (κ2) is 11.9. The lowest BCUT2D eigenvalue weighted by Gasteiger charge is -2.15. The fourth-order valence-electron chi connectivity index (χ4n) is 2.86. The molecule has 3 rings (SSSR count). The van der Waals surface area contributed by atoms with Crippen LogP contribution in [0.1, 0.15) is 16.7 Å². The number of rotatable bonds is 9. The van der Waals surface area contributed by atoms with Gasteiger partial charge < -0.3 is 14.8 Å². The van der Waals surface area contributed by atoms with Crippen molar-refractivity contribution in [3.63, 3.8) is 0 Å². The van der Waals surface area contributed by atoms with Crippen LogP contribution < -0.4 is 14.8 Å². The molecule has 0 fully saturated rings. The Morgan fingerprint density at radius 1 is 0.862 bits per heavy atom. The first-order valence-electron chi connectivity index (χ1n) is 9.14. The minimum atomic E-state index is 0. The summed E-state index contributed by atoms with van der Waals surface area (Å²) in [6.07, 6.45) is 0.931. The van der Waals surface area contributed by atoms with E-state index < -0.39 is 0 Å². The van der Waals surface area contributed by atoms with Gasteiger partial charge in [-0.05, 0) is 53.9 Å². The number of hydrogen-bond donors (Lipinski definition) is 1. The van der Waals surface area contributed by atoms with E-state index in [-0.39, 0.29) is 12.4 Å². The van der Waals surface area contributed by atoms with Crippen LogP contribution in [0.25, 0.3) is 0 Å². The molecule has 0 radical (unpaired) electrons. The van der Waals surface area contributed by atoms with E-state index in [2.05, 4.69) is 5.32 Å². The Kier molecular flexibility index (Phi) is 9.62. The summed E-state index contributed by atoms with van der Waals surface area (Å²) in [5, 5.41) is 4.74. The van der Waals surface area contributed by atoms with Crippen LogP contribution in [-0.2, 0) is 19.6 Å². The summed E-state index contributed by atoms with van der Waals surface area (Å²) in [6.45, 7) is 1.99. The third-order valence-electron chi connectivity index (χ3n) is 4.35. The molecule has 0 amide bonds. The van der Waals surface area contributed by atoms with Crippen molar-refractivity contribution in [2.45, 2.75) is 19.6 Å². The molecule has 0 bridgehead atoms. The van der Waals surface area contributed by atoms with E-state index in [4.69, 9.17) is 32.7 Å². The topological polar surface area (TPSA) is 30.5 Å². The second-order valence-electron chi connectivity index (χ2n) is 6.44. The summed E-state index contributed by atoms with van der Waals surface area (Å²) in [4.78, 5) is 0. The molecule has 3 aromatic rings. The first-order valence-corrected chi connectivity index (χ1v) is 9.89. The summed E-state index contributed by atoms with van der Waals surface area (Å²) in [7, 11) is 1.62. The molecule has 29 heavy (non-hydrogen) atoms. The smallest absolute Gasteiger partial charge is 0.180 e. The summed E-state index contributed by atoms with van der Waals surface area (Å²) >= 11 is 12.4. The van der Waals surface area contributed by atoms with Gasteiger partial charge in [0.05, 0.1) is 12.1 Å². The highest BCUT2D eigenvalue weighted by molar-refractivity contribution is 6.32. The number of methoxy groups -OCH3 is 1. The Hall–Kier alpha value is -1.91. The van der Waals surface area contributed by atoms with E-state index in [0.717, 1.165) is 29.1 Å². The van der Waals surface area contributed by atoms with Gasteiger partial charge in [-0.2, -0.15) is 0 Å². The first-order chi connectivity index (χ1) is 13.7. The monoisotopic (exact) mass is 451 g/mol. The Bertz CT molecular complexity index is 887. The van der Waals surface area contributed by atoms with Crippen molar-refractivity contribution in [3.05, 3.63) is 93.5 Å². The van der Waals surface area contributed by atoms with Crippen LogP contribution in [0, 0.1) is 0 Å². The van der Waals surface area contributed by atoms with Crippen molar-refractivity contribution in [3.8, 4) is 11.5 Å². The maximum absolute atomic E-state index is 6.46. The van der Waals surface area contributed by atoms with Gasteiger partial charge >= 0.3 is 0 Å². The first kappa shape index (κ1) is 23.4. The maximum atomic E-state index is 6.46. The molecule has 0 aliphatic rings. The molecular formula is C23H24Cl3NO2. The van der Waals surface area contributed by atoms with E-state index in [9.17, 15) is 0 Å². The van der Waals surface area contributed by atoms with Crippen molar-refractivity contribution in [1.82, 2.24) is 5.32 Å². The number of benzene rings is 3. The molecule has 0 aliphatic heterocycles. The highest BCUT2D eigenvalue weighted by Crippen LogP contribution is 2.37. The van der Waals surface area contributed by atoms with Crippen LogP contribution in [0.3, 0.4) is 0 Å². The largest absolute Gasteiger partial charge is 0.493 e. The van der Waals surface area contributed by atoms with Crippen molar-refractivity contribution in [2.24, 2.45) is 0 Å². The van der Waals surface area contributed by atoms with E-state index in [1.54, 1.807) is 7.11 Å². The Morgan fingerprint density at radius 2 is 1.59 bits per heavy atom. The number of halogens is 3. The highest BCUT2D eigenvalue weighted by Gasteiger charge is 2.12. The molecule has 0 spiro atoms. The molecule has 3 nitrogen and oxygen atoms in total. The van der Waals surface area contributed by atoms with Gasteiger partial charge in [0.1, 0.15) is 6.61 Å². The number of ether oxygens (including phenoxy) is 2. The third kappa shape index (κ3) is 7.13. The Morgan fingerprint density at radius 3 is 2.28 bits per heavy atom. The Labute approximate surface area is 188 Å². The van der Waals surface area contributed by atoms with Crippen LogP contribution in [-0.4, -0.2) is 13.7 Å². The SMILES string of the molecule is COc1cc(CNCCc2ccc(Cl)cc2)cc(Cl)c1OCc1ccccc1.Cl. The van der Waals surface area contributed by atoms with Crippen molar-refractivity contribution < 1.29 is 9.47 Å². The molecule has 0 heterocycles. The van der Waals surface area contributed by atoms with Gasteiger partial charge in [0.2, 0.25) is 0 Å². The van der Waals surface area contributed by atoms with Crippen LogP contribution in [0.15, 0.2) is 66.7 Å². The van der Waals surface area contributed by atoms with Crippen molar-refractivity contribution in [1.29, 1.82) is 0 Å². The zero-order chi connectivity index (χ0) is 19.8.